The summed E-state index contributed by atoms with van der Waals surface area (Å²) < 4.78 is 0. The minimum absolute atomic E-state index is 0.425. The fraction of sp³-hybridized carbons (Fsp3) is 0.375. The lowest BCUT2D eigenvalue weighted by Gasteiger charge is -2.36. The lowest BCUT2D eigenvalue weighted by Crippen LogP contribution is -2.46. The second-order valence-corrected chi connectivity index (χ2v) is 5.15. The van der Waals surface area contributed by atoms with Gasteiger partial charge in [0.25, 0.3) is 0 Å². The van der Waals surface area contributed by atoms with Crippen molar-refractivity contribution in [1.29, 1.82) is 0 Å². The Morgan fingerprint density at radius 2 is 2.00 bits per heavy atom. The van der Waals surface area contributed by atoms with Crippen LogP contribution in [0.4, 0.5) is 0 Å². The van der Waals surface area contributed by atoms with Crippen molar-refractivity contribution in [3.63, 3.8) is 0 Å². The fourth-order valence-corrected chi connectivity index (χ4v) is 2.73. The van der Waals surface area contributed by atoms with E-state index in [0.717, 1.165) is 32.6 Å². The molecule has 104 valence electrons. The summed E-state index contributed by atoms with van der Waals surface area (Å²) in [6.07, 6.45) is 8.65. The highest BCUT2D eigenvalue weighted by Gasteiger charge is 2.23. The Kier molecular flexibility index (Phi) is 4.35. The molecule has 20 heavy (non-hydrogen) atoms. The molecule has 0 spiro atoms. The Labute approximate surface area is 119 Å². The van der Waals surface area contributed by atoms with Gasteiger partial charge in [-0.15, -0.1) is 0 Å². The molecular formula is C16H20N4. The second-order valence-electron chi connectivity index (χ2n) is 5.15. The van der Waals surface area contributed by atoms with E-state index in [4.69, 9.17) is 0 Å². The molecule has 1 saturated heterocycles. The first kappa shape index (κ1) is 13.2. The highest BCUT2D eigenvalue weighted by Crippen LogP contribution is 2.21. The molecule has 4 heteroatoms. The maximum atomic E-state index is 4.25. The van der Waals surface area contributed by atoms with Crippen molar-refractivity contribution in [3.8, 4) is 0 Å². The van der Waals surface area contributed by atoms with Gasteiger partial charge in [-0.1, -0.05) is 12.1 Å². The van der Waals surface area contributed by atoms with Crippen LogP contribution in [-0.4, -0.2) is 41.0 Å². The largest absolute Gasteiger partial charge is 0.314 e. The summed E-state index contributed by atoms with van der Waals surface area (Å²) in [5, 5.41) is 3.48. The van der Waals surface area contributed by atoms with Gasteiger partial charge in [-0.3, -0.25) is 14.9 Å². The van der Waals surface area contributed by atoms with Crippen molar-refractivity contribution in [2.45, 2.75) is 12.5 Å². The molecule has 4 nitrogen and oxygen atoms in total. The van der Waals surface area contributed by atoms with Gasteiger partial charge in [0, 0.05) is 57.0 Å². The van der Waals surface area contributed by atoms with Gasteiger partial charge in [-0.25, -0.2) is 0 Å². The van der Waals surface area contributed by atoms with E-state index < -0.39 is 0 Å². The van der Waals surface area contributed by atoms with Crippen LogP contribution in [0.15, 0.2) is 49.1 Å². The first-order valence-electron chi connectivity index (χ1n) is 7.17. The van der Waals surface area contributed by atoms with E-state index in [2.05, 4.69) is 32.3 Å². The van der Waals surface area contributed by atoms with E-state index in [1.807, 2.05) is 36.9 Å². The van der Waals surface area contributed by atoms with Crippen LogP contribution in [0.25, 0.3) is 0 Å². The summed E-state index contributed by atoms with van der Waals surface area (Å²) in [6.45, 7) is 4.20. The quantitative estimate of drug-likeness (QED) is 0.916. The number of piperazine rings is 1. The third kappa shape index (κ3) is 3.21. The molecular weight excluding hydrogens is 248 g/mol. The highest BCUT2D eigenvalue weighted by molar-refractivity contribution is 5.16. The number of hydrogen-bond donors (Lipinski definition) is 1. The van der Waals surface area contributed by atoms with Crippen LogP contribution in [0.2, 0.25) is 0 Å². The zero-order valence-corrected chi connectivity index (χ0v) is 11.6. The highest BCUT2D eigenvalue weighted by atomic mass is 15.2. The van der Waals surface area contributed by atoms with Gasteiger partial charge in [0.05, 0.1) is 0 Å². The van der Waals surface area contributed by atoms with E-state index in [1.54, 1.807) is 0 Å². The van der Waals surface area contributed by atoms with E-state index in [-0.39, 0.29) is 0 Å². The molecule has 3 rings (SSSR count). The number of nitrogens with zero attached hydrogens (tertiary/aromatic N) is 3. The van der Waals surface area contributed by atoms with Crippen LogP contribution >= 0.6 is 0 Å². The Morgan fingerprint density at radius 1 is 1.15 bits per heavy atom. The van der Waals surface area contributed by atoms with Gasteiger partial charge >= 0.3 is 0 Å². The molecule has 1 aliphatic rings. The summed E-state index contributed by atoms with van der Waals surface area (Å²) in [4.78, 5) is 11.0. The van der Waals surface area contributed by atoms with Crippen molar-refractivity contribution >= 4 is 0 Å². The SMILES string of the molecule is c1cncc(CCN2CCNCC2c2cccnc2)c1. The molecule has 1 atom stereocenters. The van der Waals surface area contributed by atoms with Crippen molar-refractivity contribution < 1.29 is 0 Å². The maximum Gasteiger partial charge on any atom is 0.0488 e. The van der Waals surface area contributed by atoms with Crippen LogP contribution in [0.5, 0.6) is 0 Å². The molecule has 0 amide bonds. The number of hydrogen-bond acceptors (Lipinski definition) is 4. The molecule has 0 aromatic carbocycles. The zero-order valence-electron chi connectivity index (χ0n) is 11.6. The number of rotatable bonds is 4. The molecule has 1 fully saturated rings. The Bertz CT molecular complexity index is 515. The molecule has 2 aromatic heterocycles. The summed E-state index contributed by atoms with van der Waals surface area (Å²) in [6, 6.07) is 8.76. The van der Waals surface area contributed by atoms with Crippen LogP contribution in [0.1, 0.15) is 17.2 Å². The minimum atomic E-state index is 0.425. The van der Waals surface area contributed by atoms with Crippen LogP contribution in [0.3, 0.4) is 0 Å². The Morgan fingerprint density at radius 3 is 2.75 bits per heavy atom. The predicted octanol–water partition coefficient (Wildman–Crippen LogP) is 1.67. The zero-order chi connectivity index (χ0) is 13.6. The van der Waals surface area contributed by atoms with Crippen molar-refractivity contribution in [3.05, 3.63) is 60.2 Å². The molecule has 1 unspecified atom stereocenters. The van der Waals surface area contributed by atoms with E-state index in [1.165, 1.54) is 11.1 Å². The molecule has 1 aliphatic heterocycles. The van der Waals surface area contributed by atoms with E-state index >= 15 is 0 Å². The summed E-state index contributed by atoms with van der Waals surface area (Å²) in [5.41, 5.74) is 2.60. The second kappa shape index (κ2) is 6.59. The van der Waals surface area contributed by atoms with Gasteiger partial charge in [0.2, 0.25) is 0 Å². The van der Waals surface area contributed by atoms with Gasteiger partial charge in [-0.05, 0) is 29.7 Å². The van der Waals surface area contributed by atoms with E-state index in [0.29, 0.717) is 6.04 Å². The van der Waals surface area contributed by atoms with Gasteiger partial charge < -0.3 is 5.32 Å². The minimum Gasteiger partial charge on any atom is -0.314 e. The Hall–Kier alpha value is -1.78. The molecule has 0 saturated carbocycles. The average Bonchev–Trinajstić information content (AvgIpc) is 2.55. The third-order valence-electron chi connectivity index (χ3n) is 3.83. The lowest BCUT2D eigenvalue weighted by atomic mass is 10.0. The topological polar surface area (TPSA) is 41.1 Å². The summed E-state index contributed by atoms with van der Waals surface area (Å²) in [5.74, 6) is 0. The van der Waals surface area contributed by atoms with Crippen LogP contribution < -0.4 is 5.32 Å². The molecule has 1 N–H and O–H groups in total. The monoisotopic (exact) mass is 268 g/mol. The molecule has 0 aliphatic carbocycles. The third-order valence-corrected chi connectivity index (χ3v) is 3.83. The smallest absolute Gasteiger partial charge is 0.0488 e. The first-order valence-corrected chi connectivity index (χ1v) is 7.17. The molecule has 0 radical (unpaired) electrons. The van der Waals surface area contributed by atoms with Crippen LogP contribution in [-0.2, 0) is 6.42 Å². The average molecular weight is 268 g/mol. The number of pyridine rings is 2. The van der Waals surface area contributed by atoms with Crippen molar-refractivity contribution in [2.24, 2.45) is 0 Å². The van der Waals surface area contributed by atoms with Crippen LogP contribution in [0, 0.1) is 0 Å². The molecule has 0 bridgehead atoms. The summed E-state index contributed by atoms with van der Waals surface area (Å²) in [7, 11) is 0. The van der Waals surface area contributed by atoms with Gasteiger partial charge in [-0.2, -0.15) is 0 Å². The number of aromatic nitrogens is 2. The normalized spacial score (nSPS) is 19.9. The van der Waals surface area contributed by atoms with Crippen molar-refractivity contribution in [2.75, 3.05) is 26.2 Å². The van der Waals surface area contributed by atoms with E-state index in [9.17, 15) is 0 Å². The molecule has 3 heterocycles. The maximum absolute atomic E-state index is 4.25. The molecule has 2 aromatic rings. The van der Waals surface area contributed by atoms with Crippen molar-refractivity contribution in [1.82, 2.24) is 20.2 Å². The summed E-state index contributed by atoms with van der Waals surface area (Å²) >= 11 is 0. The van der Waals surface area contributed by atoms with Gasteiger partial charge in [0.15, 0.2) is 0 Å². The fourth-order valence-electron chi connectivity index (χ4n) is 2.73. The number of nitrogens with one attached hydrogen (secondary N) is 1. The Balaban J connectivity index is 1.67. The predicted molar refractivity (Wildman–Crippen MR) is 79.4 cm³/mol. The first-order chi connectivity index (χ1) is 9.93. The standard InChI is InChI=1S/C16H20N4/c1-3-14(11-17-6-1)5-9-20-10-8-19-13-16(20)15-4-2-7-18-12-15/h1-4,6-7,11-12,16,19H,5,8-10,13H2. The lowest BCUT2D eigenvalue weighted by molar-refractivity contribution is 0.163. The van der Waals surface area contributed by atoms with Gasteiger partial charge in [0.1, 0.15) is 0 Å².